The molecule has 2 heterocycles. The molecule has 1 aromatic carbocycles. The molecule has 1 aromatic heterocycles. The zero-order chi connectivity index (χ0) is 14.7. The number of rotatable bonds is 3. The molecule has 3 rings (SSSR count). The van der Waals surface area contributed by atoms with Crippen LogP contribution in [0, 0.1) is 6.92 Å². The van der Waals surface area contributed by atoms with E-state index in [9.17, 15) is 4.79 Å². The van der Waals surface area contributed by atoms with E-state index in [2.05, 4.69) is 41.1 Å². The standard InChI is InChI=1S/C18H18N2O/c1-14-4-6-15(7-5-14)13-20-10-8-17(21)11-18(20)16-3-2-9-19-12-16/h2-10,12,18H,11,13H2,1H3. The molecule has 1 unspecified atom stereocenters. The second-order valence-electron chi connectivity index (χ2n) is 5.45. The number of hydrogen-bond donors (Lipinski definition) is 0. The Labute approximate surface area is 124 Å². The van der Waals surface area contributed by atoms with Gasteiger partial charge in [-0.2, -0.15) is 0 Å². The topological polar surface area (TPSA) is 33.2 Å². The van der Waals surface area contributed by atoms with Gasteiger partial charge in [-0.25, -0.2) is 0 Å². The van der Waals surface area contributed by atoms with Crippen molar-refractivity contribution in [1.82, 2.24) is 9.88 Å². The molecular weight excluding hydrogens is 260 g/mol. The van der Waals surface area contributed by atoms with Crippen LogP contribution in [0.1, 0.15) is 29.2 Å². The second kappa shape index (κ2) is 5.92. The van der Waals surface area contributed by atoms with Gasteiger partial charge >= 0.3 is 0 Å². The summed E-state index contributed by atoms with van der Waals surface area (Å²) in [5.74, 6) is 0.170. The van der Waals surface area contributed by atoms with Gasteiger partial charge in [-0.3, -0.25) is 9.78 Å². The number of hydrogen-bond acceptors (Lipinski definition) is 3. The van der Waals surface area contributed by atoms with E-state index in [-0.39, 0.29) is 11.8 Å². The minimum absolute atomic E-state index is 0.0671. The van der Waals surface area contributed by atoms with Gasteiger partial charge in [0.05, 0.1) is 6.04 Å². The molecule has 0 radical (unpaired) electrons. The van der Waals surface area contributed by atoms with Crippen LogP contribution in [-0.4, -0.2) is 15.7 Å². The third-order valence-corrected chi connectivity index (χ3v) is 3.80. The minimum Gasteiger partial charge on any atom is -0.365 e. The summed E-state index contributed by atoms with van der Waals surface area (Å²) in [6.45, 7) is 2.88. The number of aryl methyl sites for hydroxylation is 1. The molecule has 106 valence electrons. The van der Waals surface area contributed by atoms with Crippen LogP contribution in [0.2, 0.25) is 0 Å². The summed E-state index contributed by atoms with van der Waals surface area (Å²) in [5.41, 5.74) is 3.59. The van der Waals surface area contributed by atoms with Gasteiger partial charge in [0, 0.05) is 31.6 Å². The van der Waals surface area contributed by atoms with Crippen LogP contribution in [-0.2, 0) is 11.3 Å². The molecule has 1 atom stereocenters. The van der Waals surface area contributed by atoms with E-state index >= 15 is 0 Å². The Morgan fingerprint density at radius 3 is 2.76 bits per heavy atom. The van der Waals surface area contributed by atoms with E-state index in [0.717, 1.165) is 12.1 Å². The Kier molecular flexibility index (Phi) is 3.82. The van der Waals surface area contributed by atoms with Gasteiger partial charge in [0.2, 0.25) is 0 Å². The van der Waals surface area contributed by atoms with Crippen LogP contribution in [0.25, 0.3) is 0 Å². The lowest BCUT2D eigenvalue weighted by molar-refractivity contribution is -0.116. The average Bonchev–Trinajstić information content (AvgIpc) is 2.52. The molecule has 0 spiro atoms. The highest BCUT2D eigenvalue weighted by molar-refractivity contribution is 5.90. The fraction of sp³-hybridized carbons (Fsp3) is 0.222. The van der Waals surface area contributed by atoms with Crippen molar-refractivity contribution in [2.24, 2.45) is 0 Å². The van der Waals surface area contributed by atoms with Crippen LogP contribution < -0.4 is 0 Å². The Balaban J connectivity index is 1.85. The van der Waals surface area contributed by atoms with Crippen LogP contribution in [0.3, 0.4) is 0 Å². The first-order valence-corrected chi connectivity index (χ1v) is 7.14. The predicted molar refractivity (Wildman–Crippen MR) is 82.5 cm³/mol. The van der Waals surface area contributed by atoms with Crippen molar-refractivity contribution < 1.29 is 4.79 Å². The van der Waals surface area contributed by atoms with E-state index in [1.807, 2.05) is 24.5 Å². The van der Waals surface area contributed by atoms with Crippen molar-refractivity contribution in [1.29, 1.82) is 0 Å². The van der Waals surface area contributed by atoms with Crippen molar-refractivity contribution in [3.63, 3.8) is 0 Å². The van der Waals surface area contributed by atoms with Crippen molar-refractivity contribution in [3.05, 3.63) is 77.8 Å². The number of nitrogens with zero attached hydrogens (tertiary/aromatic N) is 2. The SMILES string of the molecule is Cc1ccc(CN2C=CC(=O)CC2c2cccnc2)cc1. The lowest BCUT2D eigenvalue weighted by Crippen LogP contribution is -2.28. The highest BCUT2D eigenvalue weighted by Crippen LogP contribution is 2.29. The third kappa shape index (κ3) is 3.19. The van der Waals surface area contributed by atoms with Gasteiger partial charge in [0.1, 0.15) is 0 Å². The number of aromatic nitrogens is 1. The second-order valence-corrected chi connectivity index (χ2v) is 5.45. The molecule has 0 aliphatic carbocycles. The third-order valence-electron chi connectivity index (χ3n) is 3.80. The monoisotopic (exact) mass is 278 g/mol. The van der Waals surface area contributed by atoms with E-state index in [4.69, 9.17) is 0 Å². The van der Waals surface area contributed by atoms with E-state index in [1.54, 1.807) is 12.3 Å². The number of pyridine rings is 1. The number of ketones is 1. The fourth-order valence-corrected chi connectivity index (χ4v) is 2.61. The summed E-state index contributed by atoms with van der Waals surface area (Å²) in [6, 6.07) is 12.5. The molecule has 21 heavy (non-hydrogen) atoms. The highest BCUT2D eigenvalue weighted by Gasteiger charge is 2.24. The molecule has 0 N–H and O–H groups in total. The first kappa shape index (κ1) is 13.6. The summed E-state index contributed by atoms with van der Waals surface area (Å²) in [7, 11) is 0. The normalized spacial score (nSPS) is 18.0. The molecule has 2 aromatic rings. The molecule has 0 fully saturated rings. The minimum atomic E-state index is 0.0671. The summed E-state index contributed by atoms with van der Waals surface area (Å²) < 4.78 is 0. The van der Waals surface area contributed by atoms with Gasteiger partial charge < -0.3 is 4.90 Å². The molecule has 1 aliphatic rings. The zero-order valence-corrected chi connectivity index (χ0v) is 12.1. The fourth-order valence-electron chi connectivity index (χ4n) is 2.61. The average molecular weight is 278 g/mol. The molecule has 0 saturated heterocycles. The number of carbonyl (C=O) groups excluding carboxylic acids is 1. The lowest BCUT2D eigenvalue weighted by Gasteiger charge is -2.33. The van der Waals surface area contributed by atoms with Gasteiger partial charge in [-0.05, 0) is 30.2 Å². The first-order chi connectivity index (χ1) is 10.2. The molecule has 0 saturated carbocycles. The van der Waals surface area contributed by atoms with Gasteiger partial charge in [0.25, 0.3) is 0 Å². The van der Waals surface area contributed by atoms with E-state index in [1.165, 1.54) is 11.1 Å². The van der Waals surface area contributed by atoms with Crippen molar-refractivity contribution in [2.75, 3.05) is 0 Å². The summed E-state index contributed by atoms with van der Waals surface area (Å²) in [6.07, 6.45) is 7.69. The van der Waals surface area contributed by atoms with Crippen molar-refractivity contribution >= 4 is 5.78 Å². The molecule has 0 amide bonds. The quantitative estimate of drug-likeness (QED) is 0.862. The Bertz CT molecular complexity index is 647. The number of carbonyl (C=O) groups is 1. The molecule has 3 nitrogen and oxygen atoms in total. The highest BCUT2D eigenvalue weighted by atomic mass is 16.1. The first-order valence-electron chi connectivity index (χ1n) is 7.14. The molecular formula is C18H18N2O. The van der Waals surface area contributed by atoms with Crippen molar-refractivity contribution in [2.45, 2.75) is 25.9 Å². The Hall–Kier alpha value is -2.42. The lowest BCUT2D eigenvalue weighted by atomic mass is 9.98. The van der Waals surface area contributed by atoms with Gasteiger partial charge in [0.15, 0.2) is 5.78 Å². The Morgan fingerprint density at radius 1 is 1.24 bits per heavy atom. The summed E-state index contributed by atoms with van der Waals surface area (Å²) >= 11 is 0. The van der Waals surface area contributed by atoms with E-state index in [0.29, 0.717) is 6.42 Å². The number of benzene rings is 1. The number of allylic oxidation sites excluding steroid dienone is 1. The maximum Gasteiger partial charge on any atom is 0.159 e. The van der Waals surface area contributed by atoms with E-state index < -0.39 is 0 Å². The van der Waals surface area contributed by atoms with Crippen molar-refractivity contribution in [3.8, 4) is 0 Å². The summed E-state index contributed by atoms with van der Waals surface area (Å²) in [5, 5.41) is 0. The largest absolute Gasteiger partial charge is 0.365 e. The molecule has 3 heteroatoms. The van der Waals surface area contributed by atoms with Crippen LogP contribution in [0.5, 0.6) is 0 Å². The zero-order valence-electron chi connectivity index (χ0n) is 12.1. The van der Waals surface area contributed by atoms with Crippen LogP contribution in [0.15, 0.2) is 61.1 Å². The molecule has 1 aliphatic heterocycles. The van der Waals surface area contributed by atoms with Crippen LogP contribution >= 0.6 is 0 Å². The predicted octanol–water partition coefficient (Wildman–Crippen LogP) is 3.42. The summed E-state index contributed by atoms with van der Waals surface area (Å²) in [4.78, 5) is 18.1. The van der Waals surface area contributed by atoms with Gasteiger partial charge in [-0.15, -0.1) is 0 Å². The Morgan fingerprint density at radius 2 is 2.05 bits per heavy atom. The maximum absolute atomic E-state index is 11.8. The smallest absolute Gasteiger partial charge is 0.159 e. The maximum atomic E-state index is 11.8. The van der Waals surface area contributed by atoms with Gasteiger partial charge in [-0.1, -0.05) is 35.9 Å². The molecule has 0 bridgehead atoms. The van der Waals surface area contributed by atoms with Crippen LogP contribution in [0.4, 0.5) is 0 Å².